The summed E-state index contributed by atoms with van der Waals surface area (Å²) in [6.45, 7) is 1.98. The molecule has 4 heteroatoms. The summed E-state index contributed by atoms with van der Waals surface area (Å²) in [6, 6.07) is 5.97. The van der Waals surface area contributed by atoms with Crippen molar-refractivity contribution >= 4 is 0 Å². The van der Waals surface area contributed by atoms with Crippen LogP contribution in [0.15, 0.2) is 36.9 Å². The third kappa shape index (κ3) is 2.09. The van der Waals surface area contributed by atoms with Gasteiger partial charge >= 0.3 is 0 Å². The van der Waals surface area contributed by atoms with Crippen molar-refractivity contribution in [2.24, 2.45) is 0 Å². The van der Waals surface area contributed by atoms with Crippen LogP contribution in [0.2, 0.25) is 0 Å². The molecule has 0 saturated heterocycles. The number of rotatable bonds is 3. The second-order valence-corrected chi connectivity index (χ2v) is 3.66. The molecule has 2 heterocycles. The Morgan fingerprint density at radius 3 is 2.94 bits per heavy atom. The molecule has 1 atom stereocenters. The minimum atomic E-state index is -0.0487. The molecule has 0 spiro atoms. The second kappa shape index (κ2) is 4.58. The van der Waals surface area contributed by atoms with Crippen molar-refractivity contribution in [1.82, 2.24) is 14.8 Å². The first-order valence-electron chi connectivity index (χ1n) is 5.09. The van der Waals surface area contributed by atoms with E-state index in [-0.39, 0.29) is 6.04 Å². The van der Waals surface area contributed by atoms with Crippen molar-refractivity contribution in [3.63, 3.8) is 0 Å². The zero-order valence-electron chi connectivity index (χ0n) is 9.04. The number of nitriles is 1. The molecular formula is C12H12N4. The Bertz CT molecular complexity index is 495. The predicted octanol–water partition coefficient (Wildman–Crippen LogP) is 2.09. The summed E-state index contributed by atoms with van der Waals surface area (Å²) in [4.78, 5) is 4.07. The smallest absolute Gasteiger partial charge is 0.0913 e. The molecule has 0 aromatic carbocycles. The van der Waals surface area contributed by atoms with Crippen LogP contribution < -0.4 is 0 Å². The molecule has 4 nitrogen and oxygen atoms in total. The first kappa shape index (κ1) is 10.4. The topological polar surface area (TPSA) is 54.5 Å². The van der Waals surface area contributed by atoms with E-state index in [2.05, 4.69) is 16.2 Å². The van der Waals surface area contributed by atoms with Crippen LogP contribution in [0.4, 0.5) is 0 Å². The maximum absolute atomic E-state index is 8.85. The molecule has 0 fully saturated rings. The van der Waals surface area contributed by atoms with Gasteiger partial charge in [0.25, 0.3) is 0 Å². The number of hydrogen-bond donors (Lipinski definition) is 0. The van der Waals surface area contributed by atoms with E-state index in [1.165, 1.54) is 0 Å². The lowest BCUT2D eigenvalue weighted by molar-refractivity contribution is 0.530. The van der Waals surface area contributed by atoms with Crippen molar-refractivity contribution < 1.29 is 0 Å². The van der Waals surface area contributed by atoms with Gasteiger partial charge in [-0.3, -0.25) is 9.67 Å². The van der Waals surface area contributed by atoms with Crippen molar-refractivity contribution in [2.75, 3.05) is 0 Å². The Morgan fingerprint density at radius 2 is 2.38 bits per heavy atom. The molecule has 0 bridgehead atoms. The van der Waals surface area contributed by atoms with Crippen LogP contribution in [-0.4, -0.2) is 14.8 Å². The second-order valence-electron chi connectivity index (χ2n) is 3.66. The van der Waals surface area contributed by atoms with Crippen LogP contribution in [0, 0.1) is 18.3 Å². The lowest BCUT2D eigenvalue weighted by atomic mass is 10.1. The molecule has 0 amide bonds. The largest absolute Gasteiger partial charge is 0.264 e. The van der Waals surface area contributed by atoms with Crippen LogP contribution in [0.5, 0.6) is 0 Å². The van der Waals surface area contributed by atoms with Gasteiger partial charge in [-0.25, -0.2) is 0 Å². The van der Waals surface area contributed by atoms with Gasteiger partial charge in [0.2, 0.25) is 0 Å². The summed E-state index contributed by atoms with van der Waals surface area (Å²) < 4.78 is 1.82. The number of nitrogens with zero attached hydrogens (tertiary/aromatic N) is 4. The highest BCUT2D eigenvalue weighted by Gasteiger charge is 2.13. The van der Waals surface area contributed by atoms with Crippen LogP contribution >= 0.6 is 0 Å². The molecule has 2 aromatic heterocycles. The first-order valence-corrected chi connectivity index (χ1v) is 5.09. The summed E-state index contributed by atoms with van der Waals surface area (Å²) in [5.74, 6) is 0. The molecule has 2 aromatic rings. The Kier molecular flexibility index (Phi) is 2.97. The zero-order valence-corrected chi connectivity index (χ0v) is 9.04. The van der Waals surface area contributed by atoms with Crippen LogP contribution in [0.25, 0.3) is 0 Å². The van der Waals surface area contributed by atoms with E-state index < -0.39 is 0 Å². The monoisotopic (exact) mass is 212 g/mol. The molecule has 0 N–H and O–H groups in total. The fourth-order valence-electron chi connectivity index (χ4n) is 1.63. The van der Waals surface area contributed by atoms with Gasteiger partial charge in [0, 0.05) is 18.6 Å². The summed E-state index contributed by atoms with van der Waals surface area (Å²) >= 11 is 0. The van der Waals surface area contributed by atoms with Crippen LogP contribution in [0.1, 0.15) is 23.6 Å². The maximum atomic E-state index is 8.85. The number of aryl methyl sites for hydroxylation is 1. The van der Waals surface area contributed by atoms with Gasteiger partial charge in [-0.2, -0.15) is 10.4 Å². The first-order chi connectivity index (χ1) is 7.81. The summed E-state index contributed by atoms with van der Waals surface area (Å²) in [5, 5.41) is 13.1. The standard InChI is InChI=1S/C12H12N4/c1-10-7-15-16(9-10)12(4-5-13)11-3-2-6-14-8-11/h2-3,6-9,12H,4H2,1H3. The van der Waals surface area contributed by atoms with Gasteiger partial charge in [-0.05, 0) is 24.1 Å². The minimum Gasteiger partial charge on any atom is -0.264 e. The molecule has 0 aliphatic carbocycles. The Balaban J connectivity index is 2.35. The molecule has 0 aliphatic heterocycles. The van der Waals surface area contributed by atoms with E-state index in [1.54, 1.807) is 18.6 Å². The molecule has 80 valence electrons. The summed E-state index contributed by atoms with van der Waals surface area (Å²) in [5.41, 5.74) is 2.10. The number of hydrogen-bond acceptors (Lipinski definition) is 3. The number of aromatic nitrogens is 3. The van der Waals surface area contributed by atoms with Gasteiger partial charge in [-0.1, -0.05) is 6.07 Å². The van der Waals surface area contributed by atoms with Gasteiger partial charge in [-0.15, -0.1) is 0 Å². The highest BCUT2D eigenvalue weighted by Crippen LogP contribution is 2.20. The summed E-state index contributed by atoms with van der Waals surface area (Å²) in [7, 11) is 0. The van der Waals surface area contributed by atoms with Crippen molar-refractivity contribution in [2.45, 2.75) is 19.4 Å². The Labute approximate surface area is 94.2 Å². The minimum absolute atomic E-state index is 0.0487. The van der Waals surface area contributed by atoms with Crippen molar-refractivity contribution in [3.8, 4) is 6.07 Å². The average molecular weight is 212 g/mol. The molecule has 16 heavy (non-hydrogen) atoms. The fourth-order valence-corrected chi connectivity index (χ4v) is 1.63. The molecule has 0 aliphatic rings. The molecule has 1 unspecified atom stereocenters. The maximum Gasteiger partial charge on any atom is 0.0913 e. The van der Waals surface area contributed by atoms with E-state index in [1.807, 2.05) is 29.9 Å². The van der Waals surface area contributed by atoms with E-state index in [4.69, 9.17) is 5.26 Å². The van der Waals surface area contributed by atoms with E-state index in [9.17, 15) is 0 Å². The van der Waals surface area contributed by atoms with Crippen LogP contribution in [0.3, 0.4) is 0 Å². The fraction of sp³-hybridized carbons (Fsp3) is 0.250. The molecule has 2 rings (SSSR count). The van der Waals surface area contributed by atoms with E-state index >= 15 is 0 Å². The highest BCUT2D eigenvalue weighted by molar-refractivity contribution is 5.17. The molecule has 0 radical (unpaired) electrons. The lowest BCUT2D eigenvalue weighted by Crippen LogP contribution is -2.10. The van der Waals surface area contributed by atoms with E-state index in [0.717, 1.165) is 11.1 Å². The van der Waals surface area contributed by atoms with Crippen molar-refractivity contribution in [1.29, 1.82) is 5.26 Å². The lowest BCUT2D eigenvalue weighted by Gasteiger charge is -2.13. The Hall–Kier alpha value is -2.15. The summed E-state index contributed by atoms with van der Waals surface area (Å²) in [6.07, 6.45) is 7.63. The highest BCUT2D eigenvalue weighted by atomic mass is 15.3. The van der Waals surface area contributed by atoms with Gasteiger partial charge < -0.3 is 0 Å². The van der Waals surface area contributed by atoms with Gasteiger partial charge in [0.1, 0.15) is 0 Å². The molecular weight excluding hydrogens is 200 g/mol. The van der Waals surface area contributed by atoms with Crippen molar-refractivity contribution in [3.05, 3.63) is 48.0 Å². The van der Waals surface area contributed by atoms with Crippen LogP contribution in [-0.2, 0) is 0 Å². The quantitative estimate of drug-likeness (QED) is 0.782. The zero-order chi connectivity index (χ0) is 11.4. The molecule has 0 saturated carbocycles. The predicted molar refractivity (Wildman–Crippen MR) is 59.6 cm³/mol. The van der Waals surface area contributed by atoms with E-state index in [0.29, 0.717) is 6.42 Å². The van der Waals surface area contributed by atoms with Gasteiger partial charge in [0.05, 0.1) is 24.7 Å². The van der Waals surface area contributed by atoms with Gasteiger partial charge in [0.15, 0.2) is 0 Å². The third-order valence-electron chi connectivity index (χ3n) is 2.40. The normalized spacial score (nSPS) is 12.0. The number of pyridine rings is 1. The third-order valence-corrected chi connectivity index (χ3v) is 2.40. The SMILES string of the molecule is Cc1cnn(C(CC#N)c2cccnc2)c1. The average Bonchev–Trinajstić information content (AvgIpc) is 2.74. The Morgan fingerprint density at radius 1 is 1.50 bits per heavy atom.